The van der Waals surface area contributed by atoms with E-state index >= 15 is 0 Å². The summed E-state index contributed by atoms with van der Waals surface area (Å²) in [5, 5.41) is 0. The Kier molecular flexibility index (Phi) is 6.16. The second-order valence-electron chi connectivity index (χ2n) is 3.57. The lowest BCUT2D eigenvalue weighted by Crippen LogP contribution is -2.32. The molecule has 1 fully saturated rings. The van der Waals surface area contributed by atoms with Crippen LogP contribution in [0.1, 0.15) is 33.1 Å². The van der Waals surface area contributed by atoms with Crippen molar-refractivity contribution in [1.82, 2.24) is 4.90 Å². The summed E-state index contributed by atoms with van der Waals surface area (Å²) in [6, 6.07) is 0. The van der Waals surface area contributed by atoms with Gasteiger partial charge in [0.2, 0.25) is 0 Å². The molecule has 0 atom stereocenters. The molecular formula is C10H20F3N. The van der Waals surface area contributed by atoms with E-state index in [0.717, 1.165) is 13.1 Å². The molecule has 1 rings (SSSR count). The summed E-state index contributed by atoms with van der Waals surface area (Å²) in [6.07, 6.45) is -3.19. The summed E-state index contributed by atoms with van der Waals surface area (Å²) in [5.41, 5.74) is 0. The molecule has 1 aliphatic heterocycles. The molecule has 14 heavy (non-hydrogen) atoms. The first-order valence-electron chi connectivity index (χ1n) is 5.22. The van der Waals surface area contributed by atoms with Crippen molar-refractivity contribution < 1.29 is 13.2 Å². The number of nitrogens with zero attached hydrogens (tertiary/aromatic N) is 1. The minimum absolute atomic E-state index is 0.138. The molecule has 1 saturated heterocycles. The third kappa shape index (κ3) is 6.24. The van der Waals surface area contributed by atoms with Gasteiger partial charge in [0.1, 0.15) is 0 Å². The SMILES string of the molecule is CC.CN1CCC(CC(F)(F)F)CC1. The molecule has 0 aromatic heterocycles. The Balaban J connectivity index is 0.000000791. The fraction of sp³-hybridized carbons (Fsp3) is 1.00. The second-order valence-corrected chi connectivity index (χ2v) is 3.57. The summed E-state index contributed by atoms with van der Waals surface area (Å²) >= 11 is 0. The maximum atomic E-state index is 11.9. The lowest BCUT2D eigenvalue weighted by atomic mass is 9.94. The number of hydrogen-bond donors (Lipinski definition) is 0. The molecule has 0 bridgehead atoms. The van der Waals surface area contributed by atoms with Crippen molar-refractivity contribution in [3.63, 3.8) is 0 Å². The lowest BCUT2D eigenvalue weighted by Gasteiger charge is -2.29. The van der Waals surface area contributed by atoms with Gasteiger partial charge in [0.15, 0.2) is 0 Å². The minimum atomic E-state index is -3.97. The van der Waals surface area contributed by atoms with E-state index in [0.29, 0.717) is 12.8 Å². The van der Waals surface area contributed by atoms with Crippen LogP contribution in [-0.4, -0.2) is 31.2 Å². The van der Waals surface area contributed by atoms with Gasteiger partial charge in [-0.1, -0.05) is 13.8 Å². The van der Waals surface area contributed by atoms with Gasteiger partial charge in [0.05, 0.1) is 0 Å². The molecule has 0 radical (unpaired) electrons. The first kappa shape index (κ1) is 13.8. The largest absolute Gasteiger partial charge is 0.389 e. The van der Waals surface area contributed by atoms with Gasteiger partial charge < -0.3 is 4.90 Å². The summed E-state index contributed by atoms with van der Waals surface area (Å²) in [7, 11) is 1.95. The Hall–Kier alpha value is -0.250. The first-order valence-corrected chi connectivity index (χ1v) is 5.22. The summed E-state index contributed by atoms with van der Waals surface area (Å²) in [6.45, 7) is 5.61. The van der Waals surface area contributed by atoms with Gasteiger partial charge in [0.25, 0.3) is 0 Å². The molecule has 1 nitrogen and oxygen atoms in total. The van der Waals surface area contributed by atoms with Crippen LogP contribution < -0.4 is 0 Å². The lowest BCUT2D eigenvalue weighted by molar-refractivity contribution is -0.147. The van der Waals surface area contributed by atoms with Crippen molar-refractivity contribution in [3.05, 3.63) is 0 Å². The molecule has 0 aromatic rings. The summed E-state index contributed by atoms with van der Waals surface area (Å²) in [5.74, 6) is -0.138. The fourth-order valence-corrected chi connectivity index (χ4v) is 1.59. The third-order valence-corrected chi connectivity index (χ3v) is 2.36. The first-order chi connectivity index (χ1) is 6.47. The zero-order chi connectivity index (χ0) is 11.2. The van der Waals surface area contributed by atoms with Crippen LogP contribution in [0.3, 0.4) is 0 Å². The van der Waals surface area contributed by atoms with Crippen LogP contribution in [0.15, 0.2) is 0 Å². The smallest absolute Gasteiger partial charge is 0.306 e. The maximum Gasteiger partial charge on any atom is 0.389 e. The van der Waals surface area contributed by atoms with Crippen molar-refractivity contribution in [3.8, 4) is 0 Å². The minimum Gasteiger partial charge on any atom is -0.306 e. The van der Waals surface area contributed by atoms with Gasteiger partial charge in [-0.2, -0.15) is 13.2 Å². The van der Waals surface area contributed by atoms with E-state index in [9.17, 15) is 13.2 Å². The Labute approximate surface area is 84.3 Å². The van der Waals surface area contributed by atoms with Gasteiger partial charge in [0, 0.05) is 6.42 Å². The van der Waals surface area contributed by atoms with E-state index in [1.807, 2.05) is 20.9 Å². The van der Waals surface area contributed by atoms with E-state index < -0.39 is 12.6 Å². The molecule has 0 spiro atoms. The molecule has 1 aliphatic rings. The van der Waals surface area contributed by atoms with E-state index in [1.54, 1.807) is 0 Å². The molecule has 0 aliphatic carbocycles. The van der Waals surface area contributed by atoms with E-state index in [-0.39, 0.29) is 5.92 Å². The fourth-order valence-electron chi connectivity index (χ4n) is 1.59. The van der Waals surface area contributed by atoms with Crippen molar-refractivity contribution in [1.29, 1.82) is 0 Å². The molecule has 0 amide bonds. The van der Waals surface area contributed by atoms with Crippen molar-refractivity contribution in [2.45, 2.75) is 39.3 Å². The van der Waals surface area contributed by atoms with E-state index in [4.69, 9.17) is 0 Å². The predicted molar refractivity (Wildman–Crippen MR) is 52.2 cm³/mol. The standard InChI is InChI=1S/C8H14F3N.C2H6/c1-12-4-2-7(3-5-12)6-8(9,10)11;1-2/h7H,2-6H2,1H3;1-2H3. The Morgan fingerprint density at radius 1 is 1.14 bits per heavy atom. The topological polar surface area (TPSA) is 3.24 Å². The van der Waals surface area contributed by atoms with E-state index in [2.05, 4.69) is 4.90 Å². The van der Waals surface area contributed by atoms with E-state index in [1.165, 1.54) is 0 Å². The van der Waals surface area contributed by atoms with Crippen LogP contribution >= 0.6 is 0 Å². The predicted octanol–water partition coefficient (Wildman–Crippen LogP) is 3.31. The third-order valence-electron chi connectivity index (χ3n) is 2.36. The Morgan fingerprint density at radius 2 is 1.57 bits per heavy atom. The number of alkyl halides is 3. The van der Waals surface area contributed by atoms with Crippen molar-refractivity contribution >= 4 is 0 Å². The highest BCUT2D eigenvalue weighted by Gasteiger charge is 2.32. The zero-order valence-corrected chi connectivity index (χ0v) is 9.19. The van der Waals surface area contributed by atoms with Gasteiger partial charge >= 0.3 is 6.18 Å². The average molecular weight is 211 g/mol. The highest BCUT2D eigenvalue weighted by Crippen LogP contribution is 2.30. The highest BCUT2D eigenvalue weighted by molar-refractivity contribution is 4.72. The zero-order valence-electron chi connectivity index (χ0n) is 9.19. The van der Waals surface area contributed by atoms with Crippen LogP contribution in [0, 0.1) is 5.92 Å². The Morgan fingerprint density at radius 3 is 1.93 bits per heavy atom. The number of hydrogen-bond acceptors (Lipinski definition) is 1. The molecule has 0 aromatic carbocycles. The van der Waals surface area contributed by atoms with Gasteiger partial charge in [-0.15, -0.1) is 0 Å². The Bertz CT molecular complexity index is 137. The van der Waals surface area contributed by atoms with Gasteiger partial charge in [-0.05, 0) is 38.9 Å². The number of halogens is 3. The van der Waals surface area contributed by atoms with Crippen LogP contribution in [0.5, 0.6) is 0 Å². The number of piperidine rings is 1. The number of rotatable bonds is 1. The molecule has 0 unspecified atom stereocenters. The quantitative estimate of drug-likeness (QED) is 0.643. The van der Waals surface area contributed by atoms with Crippen LogP contribution in [-0.2, 0) is 0 Å². The number of likely N-dealkylation sites (tertiary alicyclic amines) is 1. The summed E-state index contributed by atoms with van der Waals surface area (Å²) < 4.78 is 35.8. The van der Waals surface area contributed by atoms with Gasteiger partial charge in [-0.25, -0.2) is 0 Å². The van der Waals surface area contributed by atoms with Crippen LogP contribution in [0.4, 0.5) is 13.2 Å². The van der Waals surface area contributed by atoms with Crippen molar-refractivity contribution in [2.24, 2.45) is 5.92 Å². The summed E-state index contributed by atoms with van der Waals surface area (Å²) in [4.78, 5) is 2.08. The molecule has 1 heterocycles. The van der Waals surface area contributed by atoms with Gasteiger partial charge in [-0.3, -0.25) is 0 Å². The normalized spacial score (nSPS) is 20.1. The molecular weight excluding hydrogens is 191 g/mol. The molecule has 0 saturated carbocycles. The molecule has 4 heteroatoms. The molecule has 86 valence electrons. The highest BCUT2D eigenvalue weighted by atomic mass is 19.4. The van der Waals surface area contributed by atoms with Crippen LogP contribution in [0.25, 0.3) is 0 Å². The second kappa shape index (κ2) is 6.27. The monoisotopic (exact) mass is 211 g/mol. The van der Waals surface area contributed by atoms with Crippen molar-refractivity contribution in [2.75, 3.05) is 20.1 Å². The maximum absolute atomic E-state index is 11.9. The average Bonchev–Trinajstić information content (AvgIpc) is 2.10. The van der Waals surface area contributed by atoms with Crippen LogP contribution in [0.2, 0.25) is 0 Å². The molecule has 0 N–H and O–H groups in total.